The Morgan fingerprint density at radius 2 is 2.24 bits per heavy atom. The number of hydrogen-bond donors (Lipinski definition) is 2. The van der Waals surface area contributed by atoms with E-state index in [9.17, 15) is 4.79 Å². The van der Waals surface area contributed by atoms with Crippen LogP contribution in [0.25, 0.3) is 0 Å². The second kappa shape index (κ2) is 6.12. The van der Waals surface area contributed by atoms with E-state index < -0.39 is 0 Å². The Hall–Kier alpha value is -0.940. The molecule has 1 heterocycles. The molecule has 5 heteroatoms. The van der Waals surface area contributed by atoms with Crippen LogP contribution in [0.1, 0.15) is 24.4 Å². The fourth-order valence-electron chi connectivity index (χ4n) is 1.59. The minimum absolute atomic E-state index is 0.0685. The summed E-state index contributed by atoms with van der Waals surface area (Å²) in [5.41, 5.74) is 2.62. The molecule has 1 aromatic heterocycles. The second-order valence-electron chi connectivity index (χ2n) is 4.75. The van der Waals surface area contributed by atoms with Gasteiger partial charge in [-0.2, -0.15) is 0 Å². The lowest BCUT2D eigenvalue weighted by Crippen LogP contribution is -2.42. The first-order valence-corrected chi connectivity index (χ1v) is 6.67. The third-order valence-corrected chi connectivity index (χ3v) is 3.78. The fourth-order valence-corrected chi connectivity index (χ4v) is 2.37. The van der Waals surface area contributed by atoms with Gasteiger partial charge < -0.3 is 10.6 Å². The van der Waals surface area contributed by atoms with Gasteiger partial charge in [0.1, 0.15) is 0 Å². The van der Waals surface area contributed by atoms with E-state index in [4.69, 9.17) is 0 Å². The molecule has 1 aromatic rings. The van der Waals surface area contributed by atoms with Gasteiger partial charge in [0.2, 0.25) is 5.91 Å². The Morgan fingerprint density at radius 3 is 2.76 bits per heavy atom. The highest BCUT2D eigenvalue weighted by molar-refractivity contribution is 7.09. The summed E-state index contributed by atoms with van der Waals surface area (Å²) < 4.78 is 0. The van der Waals surface area contributed by atoms with E-state index >= 15 is 0 Å². The van der Waals surface area contributed by atoms with Gasteiger partial charge in [-0.05, 0) is 27.2 Å². The molecule has 1 rings (SSSR count). The number of rotatable bonds is 6. The normalized spacial score (nSPS) is 11.5. The van der Waals surface area contributed by atoms with Crippen molar-refractivity contribution in [3.63, 3.8) is 0 Å². The zero-order chi connectivity index (χ0) is 12.9. The van der Waals surface area contributed by atoms with Crippen LogP contribution < -0.4 is 10.6 Å². The van der Waals surface area contributed by atoms with E-state index in [-0.39, 0.29) is 11.3 Å². The van der Waals surface area contributed by atoms with Crippen molar-refractivity contribution in [3.8, 4) is 0 Å². The standard InChI is InChI=1S/C12H21N3OS/c1-9-10(17-8-15-9)5-6-14-7-12(2,3)11(16)13-4/h8,14H,5-7H2,1-4H3,(H,13,16). The highest BCUT2D eigenvalue weighted by atomic mass is 32.1. The predicted molar refractivity (Wildman–Crippen MR) is 71.3 cm³/mol. The summed E-state index contributed by atoms with van der Waals surface area (Å²) >= 11 is 1.69. The van der Waals surface area contributed by atoms with Crippen LogP contribution in [0.2, 0.25) is 0 Å². The molecular weight excluding hydrogens is 234 g/mol. The molecule has 0 bridgehead atoms. The summed E-state index contributed by atoms with van der Waals surface area (Å²) in [5, 5.41) is 6.01. The number of amides is 1. The molecule has 0 fully saturated rings. The van der Waals surface area contributed by atoms with Crippen LogP contribution in [-0.2, 0) is 11.2 Å². The Kier molecular flexibility index (Phi) is 5.08. The zero-order valence-electron chi connectivity index (χ0n) is 11.0. The van der Waals surface area contributed by atoms with Gasteiger partial charge in [-0.15, -0.1) is 11.3 Å². The van der Waals surface area contributed by atoms with Gasteiger partial charge in [-0.3, -0.25) is 4.79 Å². The molecule has 0 radical (unpaired) electrons. The summed E-state index contributed by atoms with van der Waals surface area (Å²) in [4.78, 5) is 17.1. The predicted octanol–water partition coefficient (Wildman–Crippen LogP) is 1.36. The molecular formula is C12H21N3OS. The molecule has 0 aromatic carbocycles. The van der Waals surface area contributed by atoms with Crippen molar-refractivity contribution in [1.82, 2.24) is 15.6 Å². The molecule has 0 atom stereocenters. The number of hydrogen-bond acceptors (Lipinski definition) is 4. The van der Waals surface area contributed by atoms with Gasteiger partial charge in [-0.25, -0.2) is 4.98 Å². The number of aryl methyl sites for hydroxylation is 1. The number of carbonyl (C=O) groups is 1. The summed E-state index contributed by atoms with van der Waals surface area (Å²) in [6, 6.07) is 0. The first-order chi connectivity index (χ1) is 7.97. The maximum absolute atomic E-state index is 11.6. The largest absolute Gasteiger partial charge is 0.359 e. The third-order valence-electron chi connectivity index (χ3n) is 2.78. The minimum Gasteiger partial charge on any atom is -0.359 e. The Balaban J connectivity index is 2.29. The van der Waals surface area contributed by atoms with Crippen LogP contribution in [0.15, 0.2) is 5.51 Å². The number of thiazole rings is 1. The molecule has 2 N–H and O–H groups in total. The van der Waals surface area contributed by atoms with E-state index in [1.54, 1.807) is 18.4 Å². The van der Waals surface area contributed by atoms with Crippen LogP contribution in [-0.4, -0.2) is 31.0 Å². The van der Waals surface area contributed by atoms with Gasteiger partial charge in [0.15, 0.2) is 0 Å². The van der Waals surface area contributed by atoms with E-state index in [2.05, 4.69) is 15.6 Å². The van der Waals surface area contributed by atoms with Gasteiger partial charge in [0, 0.05) is 25.0 Å². The quantitative estimate of drug-likeness (QED) is 0.755. The van der Waals surface area contributed by atoms with Crippen molar-refractivity contribution in [2.75, 3.05) is 20.1 Å². The van der Waals surface area contributed by atoms with Crippen molar-refractivity contribution in [2.45, 2.75) is 27.2 Å². The van der Waals surface area contributed by atoms with Crippen molar-refractivity contribution in [3.05, 3.63) is 16.1 Å². The molecule has 0 saturated carbocycles. The van der Waals surface area contributed by atoms with Crippen LogP contribution in [0.3, 0.4) is 0 Å². The Morgan fingerprint density at radius 1 is 1.53 bits per heavy atom. The Labute approximate surface area is 107 Å². The van der Waals surface area contributed by atoms with E-state index in [0.29, 0.717) is 6.54 Å². The van der Waals surface area contributed by atoms with Gasteiger partial charge >= 0.3 is 0 Å². The fraction of sp³-hybridized carbons (Fsp3) is 0.667. The average molecular weight is 255 g/mol. The van der Waals surface area contributed by atoms with Crippen molar-refractivity contribution in [1.29, 1.82) is 0 Å². The number of carbonyl (C=O) groups excluding carboxylic acids is 1. The highest BCUT2D eigenvalue weighted by Crippen LogP contribution is 2.14. The molecule has 0 aliphatic rings. The Bertz CT molecular complexity index is 374. The molecule has 0 saturated heterocycles. The van der Waals surface area contributed by atoms with Crippen LogP contribution in [0.4, 0.5) is 0 Å². The summed E-state index contributed by atoms with van der Waals surface area (Å²) in [6.45, 7) is 7.47. The molecule has 1 amide bonds. The summed E-state index contributed by atoms with van der Waals surface area (Å²) in [6.07, 6.45) is 0.973. The summed E-state index contributed by atoms with van der Waals surface area (Å²) in [7, 11) is 1.67. The first kappa shape index (κ1) is 14.1. The van der Waals surface area contributed by atoms with E-state index in [0.717, 1.165) is 18.7 Å². The SMILES string of the molecule is CNC(=O)C(C)(C)CNCCc1scnc1C. The molecule has 0 unspecified atom stereocenters. The van der Waals surface area contributed by atoms with Crippen molar-refractivity contribution in [2.24, 2.45) is 5.41 Å². The third kappa shape index (κ3) is 4.09. The van der Waals surface area contributed by atoms with Crippen LogP contribution in [0.5, 0.6) is 0 Å². The van der Waals surface area contributed by atoms with Gasteiger partial charge in [0.05, 0.1) is 16.6 Å². The topological polar surface area (TPSA) is 54.0 Å². The van der Waals surface area contributed by atoms with Crippen LogP contribution >= 0.6 is 11.3 Å². The van der Waals surface area contributed by atoms with Crippen molar-refractivity contribution < 1.29 is 4.79 Å². The van der Waals surface area contributed by atoms with Gasteiger partial charge in [-0.1, -0.05) is 0 Å². The highest BCUT2D eigenvalue weighted by Gasteiger charge is 2.25. The first-order valence-electron chi connectivity index (χ1n) is 5.79. The van der Waals surface area contributed by atoms with E-state index in [1.165, 1.54) is 4.88 Å². The monoisotopic (exact) mass is 255 g/mol. The smallest absolute Gasteiger partial charge is 0.226 e. The molecule has 17 heavy (non-hydrogen) atoms. The van der Waals surface area contributed by atoms with Crippen LogP contribution in [0, 0.1) is 12.3 Å². The molecule has 0 aliphatic heterocycles. The molecule has 96 valence electrons. The lowest BCUT2D eigenvalue weighted by Gasteiger charge is -2.22. The lowest BCUT2D eigenvalue weighted by atomic mass is 9.92. The minimum atomic E-state index is -0.364. The van der Waals surface area contributed by atoms with E-state index in [1.807, 2.05) is 26.3 Å². The van der Waals surface area contributed by atoms with Gasteiger partial charge in [0.25, 0.3) is 0 Å². The maximum Gasteiger partial charge on any atom is 0.226 e. The second-order valence-corrected chi connectivity index (χ2v) is 5.69. The number of aromatic nitrogens is 1. The maximum atomic E-state index is 11.6. The number of nitrogens with one attached hydrogen (secondary N) is 2. The number of nitrogens with zero attached hydrogens (tertiary/aromatic N) is 1. The molecule has 0 aliphatic carbocycles. The molecule has 4 nitrogen and oxygen atoms in total. The average Bonchev–Trinajstić information content (AvgIpc) is 2.69. The zero-order valence-corrected chi connectivity index (χ0v) is 11.8. The lowest BCUT2D eigenvalue weighted by molar-refractivity contribution is -0.128. The molecule has 0 spiro atoms. The van der Waals surface area contributed by atoms with Crippen molar-refractivity contribution >= 4 is 17.2 Å². The summed E-state index contributed by atoms with van der Waals surface area (Å²) in [5.74, 6) is 0.0685.